The summed E-state index contributed by atoms with van der Waals surface area (Å²) in [7, 11) is 1.92. The lowest BCUT2D eigenvalue weighted by Crippen LogP contribution is -2.45. The Labute approximate surface area is 154 Å². The van der Waals surface area contributed by atoms with Gasteiger partial charge in [0.15, 0.2) is 0 Å². The molecule has 2 aromatic heterocycles. The van der Waals surface area contributed by atoms with E-state index in [0.717, 1.165) is 36.1 Å². The molecule has 2 N–H and O–H groups in total. The SMILES string of the molecule is Cc1c(CCC(=O)N2CCO[C@H](CCc3ccnc(N)c3)C2)cnn1C. The number of anilines is 1. The maximum absolute atomic E-state index is 12.6. The third kappa shape index (κ3) is 4.60. The summed E-state index contributed by atoms with van der Waals surface area (Å²) in [6.07, 6.45) is 6.64. The first-order chi connectivity index (χ1) is 12.5. The van der Waals surface area contributed by atoms with Gasteiger partial charge in [-0.2, -0.15) is 5.10 Å². The third-order valence-electron chi connectivity index (χ3n) is 5.04. The molecule has 0 aromatic carbocycles. The Kier molecular flexibility index (Phi) is 5.88. The highest BCUT2D eigenvalue weighted by molar-refractivity contribution is 5.76. The number of hydrogen-bond acceptors (Lipinski definition) is 5. The number of morpholine rings is 1. The third-order valence-corrected chi connectivity index (χ3v) is 5.04. The maximum atomic E-state index is 12.6. The van der Waals surface area contributed by atoms with Crippen LogP contribution in [0.3, 0.4) is 0 Å². The van der Waals surface area contributed by atoms with Crippen LogP contribution in [0.1, 0.15) is 29.7 Å². The summed E-state index contributed by atoms with van der Waals surface area (Å²) in [5, 5.41) is 4.24. The van der Waals surface area contributed by atoms with Crippen molar-refractivity contribution in [3.8, 4) is 0 Å². The van der Waals surface area contributed by atoms with Gasteiger partial charge in [-0.3, -0.25) is 9.48 Å². The maximum Gasteiger partial charge on any atom is 0.223 e. The van der Waals surface area contributed by atoms with E-state index in [9.17, 15) is 4.79 Å². The summed E-state index contributed by atoms with van der Waals surface area (Å²) in [6, 6.07) is 3.86. The Bertz CT molecular complexity index is 758. The lowest BCUT2D eigenvalue weighted by atomic mass is 10.1. The van der Waals surface area contributed by atoms with Gasteiger partial charge in [-0.15, -0.1) is 0 Å². The number of aryl methyl sites for hydroxylation is 3. The molecule has 1 atom stereocenters. The van der Waals surface area contributed by atoms with Crippen molar-refractivity contribution in [2.24, 2.45) is 7.05 Å². The van der Waals surface area contributed by atoms with Crippen molar-refractivity contribution in [3.05, 3.63) is 41.3 Å². The highest BCUT2D eigenvalue weighted by Gasteiger charge is 2.24. The Morgan fingerprint density at radius 2 is 2.27 bits per heavy atom. The number of ether oxygens (including phenoxy) is 1. The summed E-state index contributed by atoms with van der Waals surface area (Å²) < 4.78 is 7.69. The minimum Gasteiger partial charge on any atom is -0.384 e. The molecule has 3 heterocycles. The van der Waals surface area contributed by atoms with Crippen molar-refractivity contribution in [3.63, 3.8) is 0 Å². The minimum absolute atomic E-state index is 0.0715. The van der Waals surface area contributed by atoms with Crippen LogP contribution in [0.15, 0.2) is 24.5 Å². The normalized spacial score (nSPS) is 17.5. The summed E-state index contributed by atoms with van der Waals surface area (Å²) >= 11 is 0. The van der Waals surface area contributed by atoms with E-state index in [1.54, 1.807) is 6.20 Å². The predicted octanol–water partition coefficient (Wildman–Crippen LogP) is 1.50. The Morgan fingerprint density at radius 1 is 1.42 bits per heavy atom. The van der Waals surface area contributed by atoms with Crippen LogP contribution in [0, 0.1) is 6.92 Å². The molecular formula is C19H27N5O2. The van der Waals surface area contributed by atoms with Crippen LogP contribution in [0.2, 0.25) is 0 Å². The van der Waals surface area contributed by atoms with Crippen molar-refractivity contribution in [1.82, 2.24) is 19.7 Å². The summed E-state index contributed by atoms with van der Waals surface area (Å²) in [5.41, 5.74) is 9.13. The lowest BCUT2D eigenvalue weighted by Gasteiger charge is -2.33. The highest BCUT2D eigenvalue weighted by atomic mass is 16.5. The molecule has 7 heteroatoms. The number of nitrogens with two attached hydrogens (primary N) is 1. The van der Waals surface area contributed by atoms with Crippen molar-refractivity contribution < 1.29 is 9.53 Å². The fourth-order valence-electron chi connectivity index (χ4n) is 3.29. The first-order valence-corrected chi connectivity index (χ1v) is 9.10. The number of aromatic nitrogens is 3. The van der Waals surface area contributed by atoms with Crippen LogP contribution in [-0.2, 0) is 29.4 Å². The molecule has 1 aliphatic rings. The zero-order valence-electron chi connectivity index (χ0n) is 15.5. The fraction of sp³-hybridized carbons (Fsp3) is 0.526. The van der Waals surface area contributed by atoms with E-state index in [1.165, 1.54) is 0 Å². The molecule has 3 rings (SSSR count). The number of carbonyl (C=O) groups excluding carboxylic acids is 1. The van der Waals surface area contributed by atoms with Gasteiger partial charge in [-0.25, -0.2) is 4.98 Å². The van der Waals surface area contributed by atoms with E-state index in [4.69, 9.17) is 10.5 Å². The Hall–Kier alpha value is -2.41. The Balaban J connectivity index is 1.48. The molecule has 0 bridgehead atoms. The van der Waals surface area contributed by atoms with Crippen LogP contribution in [0.5, 0.6) is 0 Å². The average Bonchev–Trinajstić information content (AvgIpc) is 2.97. The van der Waals surface area contributed by atoms with E-state index in [-0.39, 0.29) is 12.0 Å². The quantitative estimate of drug-likeness (QED) is 0.847. The van der Waals surface area contributed by atoms with Gasteiger partial charge in [0.1, 0.15) is 5.82 Å². The van der Waals surface area contributed by atoms with Gasteiger partial charge < -0.3 is 15.4 Å². The number of amides is 1. The minimum atomic E-state index is 0.0715. The second kappa shape index (κ2) is 8.31. The van der Waals surface area contributed by atoms with E-state index in [2.05, 4.69) is 10.1 Å². The topological polar surface area (TPSA) is 86.3 Å². The Morgan fingerprint density at radius 3 is 3.00 bits per heavy atom. The number of hydrogen-bond donors (Lipinski definition) is 1. The molecule has 7 nitrogen and oxygen atoms in total. The summed E-state index contributed by atoms with van der Waals surface area (Å²) in [4.78, 5) is 18.5. The molecule has 1 fully saturated rings. The van der Waals surface area contributed by atoms with Gasteiger partial charge in [0.2, 0.25) is 5.91 Å². The van der Waals surface area contributed by atoms with Crippen LogP contribution < -0.4 is 5.73 Å². The number of pyridine rings is 1. The van der Waals surface area contributed by atoms with Crippen LogP contribution >= 0.6 is 0 Å². The predicted molar refractivity (Wildman–Crippen MR) is 99.6 cm³/mol. The van der Waals surface area contributed by atoms with E-state index < -0.39 is 0 Å². The number of carbonyl (C=O) groups is 1. The smallest absolute Gasteiger partial charge is 0.223 e. The monoisotopic (exact) mass is 357 g/mol. The highest BCUT2D eigenvalue weighted by Crippen LogP contribution is 2.15. The van der Waals surface area contributed by atoms with E-state index in [1.807, 2.05) is 41.9 Å². The van der Waals surface area contributed by atoms with Gasteiger partial charge in [0.05, 0.1) is 18.9 Å². The van der Waals surface area contributed by atoms with Crippen molar-refractivity contribution >= 4 is 11.7 Å². The van der Waals surface area contributed by atoms with Crippen molar-refractivity contribution in [1.29, 1.82) is 0 Å². The van der Waals surface area contributed by atoms with Crippen molar-refractivity contribution in [2.75, 3.05) is 25.4 Å². The van der Waals surface area contributed by atoms with Crippen LogP contribution in [0.25, 0.3) is 0 Å². The second-order valence-corrected chi connectivity index (χ2v) is 6.84. The van der Waals surface area contributed by atoms with Gasteiger partial charge in [0.25, 0.3) is 0 Å². The first kappa shape index (κ1) is 18.4. The lowest BCUT2D eigenvalue weighted by molar-refractivity contribution is -0.138. The zero-order valence-corrected chi connectivity index (χ0v) is 15.5. The molecule has 0 spiro atoms. The van der Waals surface area contributed by atoms with Crippen molar-refractivity contribution in [2.45, 2.75) is 38.7 Å². The fourth-order valence-corrected chi connectivity index (χ4v) is 3.29. The molecule has 0 radical (unpaired) electrons. The average molecular weight is 357 g/mol. The molecule has 1 saturated heterocycles. The number of nitrogens with zero attached hydrogens (tertiary/aromatic N) is 4. The van der Waals surface area contributed by atoms with E-state index >= 15 is 0 Å². The van der Waals surface area contributed by atoms with Crippen LogP contribution in [-0.4, -0.2) is 51.4 Å². The standard InChI is InChI=1S/C19H27N5O2/c1-14-16(12-22-23(14)2)4-6-19(25)24-9-10-26-17(13-24)5-3-15-7-8-21-18(20)11-15/h7-8,11-12,17H,3-6,9-10,13H2,1-2H3,(H2,20,21)/t17-/m1/s1. The van der Waals surface area contributed by atoms with Gasteiger partial charge in [-0.1, -0.05) is 0 Å². The summed E-state index contributed by atoms with van der Waals surface area (Å²) in [6.45, 7) is 3.96. The molecule has 1 amide bonds. The molecule has 0 aliphatic carbocycles. The van der Waals surface area contributed by atoms with Gasteiger partial charge >= 0.3 is 0 Å². The molecule has 26 heavy (non-hydrogen) atoms. The summed E-state index contributed by atoms with van der Waals surface area (Å²) in [5.74, 6) is 0.726. The zero-order chi connectivity index (χ0) is 18.5. The molecule has 0 saturated carbocycles. The molecule has 1 aliphatic heterocycles. The number of nitrogen functional groups attached to an aromatic ring is 1. The number of rotatable bonds is 6. The molecule has 2 aromatic rings. The van der Waals surface area contributed by atoms with Gasteiger partial charge in [-0.05, 0) is 49.4 Å². The molecule has 140 valence electrons. The van der Waals surface area contributed by atoms with Gasteiger partial charge in [0, 0.05) is 38.4 Å². The van der Waals surface area contributed by atoms with E-state index in [0.29, 0.717) is 31.9 Å². The molecule has 0 unspecified atom stereocenters. The second-order valence-electron chi connectivity index (χ2n) is 6.84. The largest absolute Gasteiger partial charge is 0.384 e. The molecular weight excluding hydrogens is 330 g/mol. The van der Waals surface area contributed by atoms with Crippen LogP contribution in [0.4, 0.5) is 5.82 Å². The first-order valence-electron chi connectivity index (χ1n) is 9.10.